The van der Waals surface area contributed by atoms with Crippen molar-refractivity contribution in [1.29, 1.82) is 0 Å². The summed E-state index contributed by atoms with van der Waals surface area (Å²) in [5.41, 5.74) is 0. The van der Waals surface area contributed by atoms with Gasteiger partial charge in [0.15, 0.2) is 0 Å². The van der Waals surface area contributed by atoms with Crippen LogP contribution in [0.1, 0.15) is 6.92 Å². The Bertz CT molecular complexity index is 130. The number of hydrogen-bond donors (Lipinski definition) is 2. The normalized spacial score (nSPS) is 17.1. The van der Waals surface area contributed by atoms with Gasteiger partial charge in [-0.3, -0.25) is 0 Å². The monoisotopic (exact) mass is 126 g/mol. The molecule has 2 nitrogen and oxygen atoms in total. The second-order valence-electron chi connectivity index (χ2n) is 1.76. The van der Waals surface area contributed by atoms with Gasteiger partial charge in [0.05, 0.1) is 12.2 Å². The van der Waals surface area contributed by atoms with Gasteiger partial charge in [-0.2, -0.15) is 0 Å². The minimum Gasteiger partial charge on any atom is -0.390 e. The van der Waals surface area contributed by atoms with Crippen LogP contribution in [0, 0.1) is 12.3 Å². The van der Waals surface area contributed by atoms with Crippen molar-refractivity contribution >= 4 is 0 Å². The topological polar surface area (TPSA) is 40.5 Å². The highest BCUT2D eigenvalue weighted by Crippen LogP contribution is 1.92. The molecule has 0 aliphatic rings. The number of rotatable bonds is 2. The Balaban J connectivity index is 3.65. The molecule has 0 rings (SSSR count). The van der Waals surface area contributed by atoms with Crippen LogP contribution in [-0.2, 0) is 0 Å². The van der Waals surface area contributed by atoms with Crippen molar-refractivity contribution in [2.45, 2.75) is 19.1 Å². The van der Waals surface area contributed by atoms with E-state index < -0.39 is 12.2 Å². The van der Waals surface area contributed by atoms with E-state index in [1.54, 1.807) is 0 Å². The summed E-state index contributed by atoms with van der Waals surface area (Å²) < 4.78 is 0. The molecule has 2 heteroatoms. The number of terminal acetylenes is 1. The molecule has 0 heterocycles. The number of hydrogen-bond acceptors (Lipinski definition) is 2. The molecule has 9 heavy (non-hydrogen) atoms. The summed E-state index contributed by atoms with van der Waals surface area (Å²) in [7, 11) is 0. The molecule has 0 saturated carbocycles. The van der Waals surface area contributed by atoms with E-state index >= 15 is 0 Å². The zero-order chi connectivity index (χ0) is 7.28. The summed E-state index contributed by atoms with van der Waals surface area (Å²) in [4.78, 5) is 0. The molecule has 0 aliphatic carbocycles. The number of allylic oxidation sites excluding steroid dienone is 1. The lowest BCUT2D eigenvalue weighted by atomic mass is 10.2. The van der Waals surface area contributed by atoms with Gasteiger partial charge in [-0.15, -0.1) is 6.42 Å². The molecule has 0 fully saturated rings. The lowest BCUT2D eigenvalue weighted by Gasteiger charge is -2.06. The van der Waals surface area contributed by atoms with Gasteiger partial charge in [-0.25, -0.2) is 0 Å². The van der Waals surface area contributed by atoms with Crippen LogP contribution in [0.15, 0.2) is 12.2 Å². The summed E-state index contributed by atoms with van der Waals surface area (Å²) in [6.45, 7) is 1.49. The largest absolute Gasteiger partial charge is 0.390 e. The molecular weight excluding hydrogens is 116 g/mol. The lowest BCUT2D eigenvalue weighted by Crippen LogP contribution is -2.19. The fourth-order valence-corrected chi connectivity index (χ4v) is 0.315. The summed E-state index contributed by atoms with van der Waals surface area (Å²) in [6, 6.07) is 0. The molecule has 2 atom stereocenters. The maximum atomic E-state index is 8.83. The van der Waals surface area contributed by atoms with Crippen LogP contribution < -0.4 is 0 Å². The Morgan fingerprint density at radius 1 is 1.56 bits per heavy atom. The SMILES string of the molecule is C#C/C=C/[C@H](O)[C@H](C)O. The predicted octanol–water partition coefficient (Wildman–Crippen LogP) is -0.0825. The smallest absolute Gasteiger partial charge is 0.0986 e. The van der Waals surface area contributed by atoms with Crippen LogP contribution in [-0.4, -0.2) is 22.4 Å². The molecule has 0 bridgehead atoms. The van der Waals surface area contributed by atoms with Crippen molar-refractivity contribution in [3.63, 3.8) is 0 Å². The van der Waals surface area contributed by atoms with Crippen molar-refractivity contribution in [2.75, 3.05) is 0 Å². The fraction of sp³-hybridized carbons (Fsp3) is 0.429. The molecular formula is C7H10O2. The second kappa shape index (κ2) is 4.13. The molecule has 0 aromatic rings. The molecule has 50 valence electrons. The van der Waals surface area contributed by atoms with Crippen molar-refractivity contribution in [3.8, 4) is 12.3 Å². The number of aliphatic hydroxyl groups excluding tert-OH is 2. The first kappa shape index (κ1) is 8.22. The van der Waals surface area contributed by atoms with Crippen molar-refractivity contribution in [3.05, 3.63) is 12.2 Å². The van der Waals surface area contributed by atoms with Crippen LogP contribution >= 0.6 is 0 Å². The maximum Gasteiger partial charge on any atom is 0.0986 e. The Kier molecular flexibility index (Phi) is 3.78. The standard InChI is InChI=1S/C7H10O2/c1-3-4-5-7(9)6(2)8/h1,4-9H,2H3/b5-4+/t6-,7-/m0/s1. The van der Waals surface area contributed by atoms with Gasteiger partial charge in [0.1, 0.15) is 0 Å². The summed E-state index contributed by atoms with van der Waals surface area (Å²) in [5, 5.41) is 17.5. The Hall–Kier alpha value is -0.780. The highest BCUT2D eigenvalue weighted by molar-refractivity contribution is 5.11. The van der Waals surface area contributed by atoms with Crippen LogP contribution in [0.3, 0.4) is 0 Å². The third kappa shape index (κ3) is 3.77. The Morgan fingerprint density at radius 2 is 2.11 bits per heavy atom. The highest BCUT2D eigenvalue weighted by atomic mass is 16.3. The molecule has 0 saturated heterocycles. The minimum absolute atomic E-state index is 0.755. The molecule has 0 amide bonds. The van der Waals surface area contributed by atoms with E-state index in [-0.39, 0.29) is 0 Å². The molecule has 0 aromatic heterocycles. The van der Waals surface area contributed by atoms with Gasteiger partial charge in [0.2, 0.25) is 0 Å². The molecule has 0 aromatic carbocycles. The molecule has 0 aliphatic heterocycles. The van der Waals surface area contributed by atoms with Gasteiger partial charge in [0.25, 0.3) is 0 Å². The maximum absolute atomic E-state index is 8.83. The first-order valence-electron chi connectivity index (χ1n) is 2.67. The first-order chi connectivity index (χ1) is 4.18. The van der Waals surface area contributed by atoms with Crippen LogP contribution in [0.4, 0.5) is 0 Å². The highest BCUT2D eigenvalue weighted by Gasteiger charge is 2.03. The van der Waals surface area contributed by atoms with Gasteiger partial charge in [-0.05, 0) is 19.1 Å². The van der Waals surface area contributed by atoms with Crippen molar-refractivity contribution in [2.24, 2.45) is 0 Å². The van der Waals surface area contributed by atoms with E-state index in [0.717, 1.165) is 0 Å². The van der Waals surface area contributed by atoms with Crippen LogP contribution in [0.5, 0.6) is 0 Å². The van der Waals surface area contributed by atoms with Gasteiger partial charge < -0.3 is 10.2 Å². The summed E-state index contributed by atoms with van der Waals surface area (Å²) in [5.74, 6) is 2.20. The number of aliphatic hydroxyl groups is 2. The zero-order valence-corrected chi connectivity index (χ0v) is 5.28. The first-order valence-corrected chi connectivity index (χ1v) is 2.67. The van der Waals surface area contributed by atoms with E-state index in [1.165, 1.54) is 19.1 Å². The van der Waals surface area contributed by atoms with Crippen LogP contribution in [0.2, 0.25) is 0 Å². The van der Waals surface area contributed by atoms with E-state index in [1.807, 2.05) is 0 Å². The average molecular weight is 126 g/mol. The third-order valence-corrected chi connectivity index (χ3v) is 0.884. The average Bonchev–Trinajstić information content (AvgIpc) is 1.82. The van der Waals surface area contributed by atoms with Crippen LogP contribution in [0.25, 0.3) is 0 Å². The summed E-state index contributed by atoms with van der Waals surface area (Å²) >= 11 is 0. The van der Waals surface area contributed by atoms with Crippen molar-refractivity contribution in [1.82, 2.24) is 0 Å². The van der Waals surface area contributed by atoms with Gasteiger partial charge in [0, 0.05) is 0 Å². The minimum atomic E-state index is -0.846. The Labute approximate surface area is 54.8 Å². The lowest BCUT2D eigenvalue weighted by molar-refractivity contribution is 0.0619. The van der Waals surface area contributed by atoms with Gasteiger partial charge >= 0.3 is 0 Å². The third-order valence-electron chi connectivity index (χ3n) is 0.884. The van der Waals surface area contributed by atoms with Crippen molar-refractivity contribution < 1.29 is 10.2 Å². The summed E-state index contributed by atoms with van der Waals surface area (Å²) in [6.07, 6.45) is 5.97. The van der Waals surface area contributed by atoms with E-state index in [4.69, 9.17) is 16.6 Å². The van der Waals surface area contributed by atoms with E-state index in [9.17, 15) is 0 Å². The van der Waals surface area contributed by atoms with Gasteiger partial charge in [-0.1, -0.05) is 5.92 Å². The molecule has 0 radical (unpaired) electrons. The second-order valence-corrected chi connectivity index (χ2v) is 1.76. The van der Waals surface area contributed by atoms with E-state index in [2.05, 4.69) is 5.92 Å². The van der Waals surface area contributed by atoms with E-state index in [0.29, 0.717) is 0 Å². The zero-order valence-electron chi connectivity index (χ0n) is 5.28. The quantitative estimate of drug-likeness (QED) is 0.508. The molecule has 0 unspecified atom stereocenters. The molecule has 2 N–H and O–H groups in total. The fourth-order valence-electron chi connectivity index (χ4n) is 0.315. The Morgan fingerprint density at radius 3 is 2.44 bits per heavy atom. The molecule has 0 spiro atoms. The predicted molar refractivity (Wildman–Crippen MR) is 35.7 cm³/mol.